The van der Waals surface area contributed by atoms with Crippen LogP contribution in [0.1, 0.15) is 45.0 Å². The number of thioether (sulfide) groups is 1. The maximum atomic E-state index is 6.25. The normalized spacial score (nSPS) is 17.5. The van der Waals surface area contributed by atoms with Gasteiger partial charge in [0.15, 0.2) is 0 Å². The molecule has 0 atom stereocenters. The quantitative estimate of drug-likeness (QED) is 0.836. The standard InChI is InChI=1S/C14H22ClN3S/c1-9-11(15)17-13(14(2,3)4)18-12(9)16-10-5-7-19-8-6-10/h10H,5-8H2,1-4H3,(H,16,17,18). The van der Waals surface area contributed by atoms with Gasteiger partial charge in [-0.2, -0.15) is 11.8 Å². The van der Waals surface area contributed by atoms with Crippen molar-refractivity contribution in [3.8, 4) is 0 Å². The fraction of sp³-hybridized carbons (Fsp3) is 0.714. The molecule has 1 aromatic heterocycles. The van der Waals surface area contributed by atoms with Crippen LogP contribution >= 0.6 is 23.4 Å². The van der Waals surface area contributed by atoms with Crippen LogP contribution in [0, 0.1) is 6.92 Å². The van der Waals surface area contributed by atoms with Gasteiger partial charge in [0.1, 0.15) is 16.8 Å². The Hall–Kier alpha value is -0.480. The predicted octanol–water partition coefficient (Wildman–Crippen LogP) is 4.04. The average Bonchev–Trinajstić information content (AvgIpc) is 2.34. The molecule has 0 spiro atoms. The molecule has 19 heavy (non-hydrogen) atoms. The lowest BCUT2D eigenvalue weighted by molar-refractivity contribution is 0.544. The molecular weight excluding hydrogens is 278 g/mol. The van der Waals surface area contributed by atoms with Crippen LogP contribution in [0.2, 0.25) is 5.15 Å². The Morgan fingerprint density at radius 1 is 1.21 bits per heavy atom. The first kappa shape index (κ1) is 14.9. The maximum Gasteiger partial charge on any atom is 0.137 e. The molecule has 1 N–H and O–H groups in total. The van der Waals surface area contributed by atoms with E-state index in [9.17, 15) is 0 Å². The van der Waals surface area contributed by atoms with E-state index >= 15 is 0 Å². The maximum absolute atomic E-state index is 6.25. The Labute approximate surface area is 124 Å². The fourth-order valence-electron chi connectivity index (χ4n) is 2.00. The van der Waals surface area contributed by atoms with Crippen molar-refractivity contribution >= 4 is 29.2 Å². The van der Waals surface area contributed by atoms with Crippen LogP contribution in [0.15, 0.2) is 0 Å². The predicted molar refractivity (Wildman–Crippen MR) is 84.4 cm³/mol. The lowest BCUT2D eigenvalue weighted by Crippen LogP contribution is -2.27. The van der Waals surface area contributed by atoms with Crippen LogP contribution in [0.5, 0.6) is 0 Å². The summed E-state index contributed by atoms with van der Waals surface area (Å²) >= 11 is 8.27. The molecular formula is C14H22ClN3S. The monoisotopic (exact) mass is 299 g/mol. The van der Waals surface area contributed by atoms with Crippen LogP contribution in [0.4, 0.5) is 5.82 Å². The van der Waals surface area contributed by atoms with Crippen molar-refractivity contribution in [3.63, 3.8) is 0 Å². The zero-order chi connectivity index (χ0) is 14.0. The molecule has 5 heteroatoms. The van der Waals surface area contributed by atoms with Gasteiger partial charge in [-0.25, -0.2) is 9.97 Å². The summed E-state index contributed by atoms with van der Waals surface area (Å²) in [5.74, 6) is 4.15. The fourth-order valence-corrected chi connectivity index (χ4v) is 3.28. The van der Waals surface area contributed by atoms with Crippen LogP contribution < -0.4 is 5.32 Å². The van der Waals surface area contributed by atoms with Crippen molar-refractivity contribution in [3.05, 3.63) is 16.5 Å². The molecule has 1 saturated heterocycles. The molecule has 2 rings (SSSR count). The van der Waals surface area contributed by atoms with Crippen LogP contribution in [0.3, 0.4) is 0 Å². The minimum atomic E-state index is -0.0871. The highest BCUT2D eigenvalue weighted by atomic mass is 35.5. The Bertz CT molecular complexity index is 451. The van der Waals surface area contributed by atoms with Gasteiger partial charge in [-0.3, -0.25) is 0 Å². The molecule has 0 aromatic carbocycles. The smallest absolute Gasteiger partial charge is 0.137 e. The third-order valence-electron chi connectivity index (χ3n) is 3.32. The first-order valence-electron chi connectivity index (χ1n) is 6.77. The Morgan fingerprint density at radius 2 is 1.84 bits per heavy atom. The summed E-state index contributed by atoms with van der Waals surface area (Å²) in [6.45, 7) is 8.30. The molecule has 0 saturated carbocycles. The summed E-state index contributed by atoms with van der Waals surface area (Å²) < 4.78 is 0. The lowest BCUT2D eigenvalue weighted by Gasteiger charge is -2.25. The summed E-state index contributed by atoms with van der Waals surface area (Å²) in [5.41, 5.74) is 0.865. The van der Waals surface area contributed by atoms with Crippen LogP contribution in [0.25, 0.3) is 0 Å². The third-order valence-corrected chi connectivity index (χ3v) is 4.74. The number of nitrogens with zero attached hydrogens (tertiary/aromatic N) is 2. The van der Waals surface area contributed by atoms with Gasteiger partial charge in [0.05, 0.1) is 0 Å². The van der Waals surface area contributed by atoms with Gasteiger partial charge in [-0.1, -0.05) is 32.4 Å². The molecule has 1 fully saturated rings. The summed E-state index contributed by atoms with van der Waals surface area (Å²) in [6.07, 6.45) is 2.38. The number of anilines is 1. The Morgan fingerprint density at radius 3 is 2.42 bits per heavy atom. The van der Waals surface area contributed by atoms with Crippen LogP contribution in [-0.4, -0.2) is 27.5 Å². The minimum absolute atomic E-state index is 0.0871. The zero-order valence-electron chi connectivity index (χ0n) is 12.1. The first-order chi connectivity index (χ1) is 8.88. The minimum Gasteiger partial charge on any atom is -0.367 e. The van der Waals surface area contributed by atoms with E-state index < -0.39 is 0 Å². The van der Waals surface area contributed by atoms with E-state index in [0.717, 1.165) is 17.2 Å². The molecule has 0 radical (unpaired) electrons. The highest BCUT2D eigenvalue weighted by Crippen LogP contribution is 2.28. The first-order valence-corrected chi connectivity index (χ1v) is 8.30. The highest BCUT2D eigenvalue weighted by Gasteiger charge is 2.22. The topological polar surface area (TPSA) is 37.8 Å². The number of rotatable bonds is 2. The van der Waals surface area contributed by atoms with Gasteiger partial charge in [0.2, 0.25) is 0 Å². The van der Waals surface area contributed by atoms with E-state index in [2.05, 4.69) is 36.1 Å². The van der Waals surface area contributed by atoms with Crippen molar-refractivity contribution < 1.29 is 0 Å². The molecule has 0 amide bonds. The van der Waals surface area contributed by atoms with Gasteiger partial charge in [-0.15, -0.1) is 0 Å². The van der Waals surface area contributed by atoms with Crippen molar-refractivity contribution in [2.45, 2.75) is 52.0 Å². The zero-order valence-corrected chi connectivity index (χ0v) is 13.7. The highest BCUT2D eigenvalue weighted by molar-refractivity contribution is 7.99. The van der Waals surface area contributed by atoms with Crippen molar-refractivity contribution in [1.29, 1.82) is 0 Å². The van der Waals surface area contributed by atoms with Gasteiger partial charge in [-0.05, 0) is 31.3 Å². The summed E-state index contributed by atoms with van der Waals surface area (Å²) in [5, 5.41) is 4.12. The second-order valence-electron chi connectivity index (χ2n) is 6.09. The van der Waals surface area contributed by atoms with Crippen LogP contribution in [-0.2, 0) is 5.41 Å². The molecule has 2 heterocycles. The van der Waals surface area contributed by atoms with Gasteiger partial charge in [0, 0.05) is 17.0 Å². The van der Waals surface area contributed by atoms with Gasteiger partial charge < -0.3 is 5.32 Å². The number of nitrogens with one attached hydrogen (secondary N) is 1. The van der Waals surface area contributed by atoms with Crippen molar-refractivity contribution in [2.24, 2.45) is 0 Å². The molecule has 0 bridgehead atoms. The Balaban J connectivity index is 2.25. The molecule has 1 aliphatic rings. The summed E-state index contributed by atoms with van der Waals surface area (Å²) in [4.78, 5) is 9.09. The van der Waals surface area contributed by atoms with Gasteiger partial charge in [0.25, 0.3) is 0 Å². The molecule has 0 unspecified atom stereocenters. The van der Waals surface area contributed by atoms with E-state index in [-0.39, 0.29) is 5.41 Å². The molecule has 1 aromatic rings. The summed E-state index contributed by atoms with van der Waals surface area (Å²) in [6, 6.07) is 0.513. The largest absolute Gasteiger partial charge is 0.367 e. The molecule has 3 nitrogen and oxygen atoms in total. The number of hydrogen-bond acceptors (Lipinski definition) is 4. The number of halogens is 1. The third kappa shape index (κ3) is 3.76. The van der Waals surface area contributed by atoms with E-state index in [1.165, 1.54) is 24.3 Å². The van der Waals surface area contributed by atoms with Gasteiger partial charge >= 0.3 is 0 Å². The Kier molecular flexibility index (Phi) is 4.62. The second kappa shape index (κ2) is 5.88. The SMILES string of the molecule is Cc1c(Cl)nc(C(C)(C)C)nc1NC1CCSCC1. The lowest BCUT2D eigenvalue weighted by atomic mass is 9.95. The number of hydrogen-bond donors (Lipinski definition) is 1. The van der Waals surface area contributed by atoms with Crippen molar-refractivity contribution in [1.82, 2.24) is 9.97 Å². The van der Waals surface area contributed by atoms with Crippen molar-refractivity contribution in [2.75, 3.05) is 16.8 Å². The van der Waals surface area contributed by atoms with E-state index in [1.54, 1.807) is 0 Å². The molecule has 106 valence electrons. The molecule has 0 aliphatic carbocycles. The number of aromatic nitrogens is 2. The van der Waals surface area contributed by atoms with E-state index in [4.69, 9.17) is 11.6 Å². The second-order valence-corrected chi connectivity index (χ2v) is 7.68. The van der Waals surface area contributed by atoms with E-state index in [1.807, 2.05) is 18.7 Å². The summed E-state index contributed by atoms with van der Waals surface area (Å²) in [7, 11) is 0. The van der Waals surface area contributed by atoms with E-state index in [0.29, 0.717) is 11.2 Å². The average molecular weight is 300 g/mol. The molecule has 1 aliphatic heterocycles.